The number of aromatic nitrogens is 3. The van der Waals surface area contributed by atoms with Crippen LogP contribution in [0, 0.1) is 5.92 Å². The molecule has 0 atom stereocenters. The maximum absolute atomic E-state index is 12.2. The van der Waals surface area contributed by atoms with Crippen molar-refractivity contribution < 1.29 is 9.59 Å². The number of likely N-dealkylation sites (tertiary alicyclic amines) is 1. The largest absolute Gasteiger partial charge is 0.359 e. The topological polar surface area (TPSA) is 91.0 Å². The second kappa shape index (κ2) is 5.81. The third-order valence-corrected chi connectivity index (χ3v) is 3.46. The smallest absolute Gasteiger partial charge is 0.293 e. The van der Waals surface area contributed by atoms with Crippen LogP contribution in [0.3, 0.4) is 0 Å². The van der Waals surface area contributed by atoms with E-state index in [0.29, 0.717) is 31.8 Å². The van der Waals surface area contributed by atoms with Gasteiger partial charge in [0, 0.05) is 32.5 Å². The van der Waals surface area contributed by atoms with Crippen molar-refractivity contribution in [3.63, 3.8) is 0 Å². The van der Waals surface area contributed by atoms with Gasteiger partial charge in [-0.05, 0) is 12.8 Å². The summed E-state index contributed by atoms with van der Waals surface area (Å²) in [5.74, 6) is 0.829. The highest BCUT2D eigenvalue weighted by atomic mass is 16.2. The molecule has 7 nitrogen and oxygen atoms in total. The Labute approximate surface area is 111 Å². The summed E-state index contributed by atoms with van der Waals surface area (Å²) in [4.78, 5) is 29.5. The molecule has 0 spiro atoms. The van der Waals surface area contributed by atoms with Crippen LogP contribution in [0.2, 0.25) is 0 Å². The van der Waals surface area contributed by atoms with Crippen LogP contribution in [0.1, 0.15) is 36.2 Å². The number of hydrogen-bond donors (Lipinski definition) is 2. The number of rotatable bonds is 3. The number of aryl methyl sites for hydroxylation is 1. The summed E-state index contributed by atoms with van der Waals surface area (Å²) >= 11 is 0. The minimum Gasteiger partial charge on any atom is -0.359 e. The van der Waals surface area contributed by atoms with Gasteiger partial charge in [0.2, 0.25) is 11.7 Å². The molecule has 7 heteroatoms. The number of H-pyrrole nitrogens is 1. The van der Waals surface area contributed by atoms with Gasteiger partial charge < -0.3 is 10.2 Å². The lowest BCUT2D eigenvalue weighted by Crippen LogP contribution is -2.42. The normalized spacial score (nSPS) is 16.4. The van der Waals surface area contributed by atoms with Crippen LogP contribution in [0.4, 0.5) is 0 Å². The second-order valence-electron chi connectivity index (χ2n) is 4.64. The minimum atomic E-state index is -0.161. The Balaban J connectivity index is 1.94. The van der Waals surface area contributed by atoms with Crippen LogP contribution in [0.5, 0.6) is 0 Å². The number of hydrogen-bond acceptors (Lipinski definition) is 4. The van der Waals surface area contributed by atoms with E-state index in [1.807, 2.05) is 6.92 Å². The van der Waals surface area contributed by atoms with Crippen LogP contribution in [0.25, 0.3) is 0 Å². The van der Waals surface area contributed by atoms with Gasteiger partial charge in [-0.15, -0.1) is 5.10 Å². The Kier molecular flexibility index (Phi) is 4.13. The Morgan fingerprint density at radius 1 is 1.42 bits per heavy atom. The predicted molar refractivity (Wildman–Crippen MR) is 68.5 cm³/mol. The first-order chi connectivity index (χ1) is 9.15. The number of aromatic amines is 1. The van der Waals surface area contributed by atoms with E-state index in [-0.39, 0.29) is 23.6 Å². The molecule has 0 saturated carbocycles. The molecule has 1 aliphatic heterocycles. The van der Waals surface area contributed by atoms with Crippen molar-refractivity contribution in [2.75, 3.05) is 20.1 Å². The molecule has 2 heterocycles. The summed E-state index contributed by atoms with van der Waals surface area (Å²) in [5, 5.41) is 9.31. The maximum Gasteiger partial charge on any atom is 0.293 e. The Morgan fingerprint density at radius 3 is 2.63 bits per heavy atom. The van der Waals surface area contributed by atoms with Gasteiger partial charge in [0.05, 0.1) is 0 Å². The highest BCUT2D eigenvalue weighted by Crippen LogP contribution is 2.18. The molecular weight excluding hydrogens is 246 g/mol. The third-order valence-electron chi connectivity index (χ3n) is 3.46. The van der Waals surface area contributed by atoms with Gasteiger partial charge in [0.15, 0.2) is 0 Å². The van der Waals surface area contributed by atoms with Gasteiger partial charge >= 0.3 is 0 Å². The number of piperidine rings is 1. The quantitative estimate of drug-likeness (QED) is 0.802. The zero-order valence-electron chi connectivity index (χ0n) is 11.3. The zero-order valence-corrected chi connectivity index (χ0v) is 11.3. The first-order valence-electron chi connectivity index (χ1n) is 6.57. The van der Waals surface area contributed by atoms with E-state index in [1.54, 1.807) is 11.9 Å². The molecule has 2 rings (SSSR count). The van der Waals surface area contributed by atoms with Crippen molar-refractivity contribution in [3.05, 3.63) is 11.6 Å². The molecule has 1 saturated heterocycles. The summed E-state index contributed by atoms with van der Waals surface area (Å²) in [6.07, 6.45) is 2.10. The number of carbonyl (C=O) groups is 2. The molecule has 0 unspecified atom stereocenters. The third kappa shape index (κ3) is 2.91. The van der Waals surface area contributed by atoms with Crippen molar-refractivity contribution in [1.29, 1.82) is 0 Å². The van der Waals surface area contributed by atoms with E-state index < -0.39 is 0 Å². The van der Waals surface area contributed by atoms with E-state index in [9.17, 15) is 9.59 Å². The second-order valence-corrected chi connectivity index (χ2v) is 4.64. The fourth-order valence-corrected chi connectivity index (χ4v) is 2.24. The van der Waals surface area contributed by atoms with Gasteiger partial charge in [-0.2, -0.15) is 0 Å². The molecule has 0 aliphatic carbocycles. The molecule has 0 aromatic carbocycles. The molecule has 1 fully saturated rings. The highest BCUT2D eigenvalue weighted by Gasteiger charge is 2.28. The van der Waals surface area contributed by atoms with Crippen LogP contribution in [0.15, 0.2) is 0 Å². The van der Waals surface area contributed by atoms with Gasteiger partial charge in [-0.25, -0.2) is 4.98 Å². The molecule has 0 radical (unpaired) electrons. The summed E-state index contributed by atoms with van der Waals surface area (Å²) in [6.45, 7) is 3.10. The van der Waals surface area contributed by atoms with E-state index in [1.165, 1.54) is 0 Å². The van der Waals surface area contributed by atoms with Crippen molar-refractivity contribution in [2.24, 2.45) is 5.92 Å². The Morgan fingerprint density at radius 2 is 2.11 bits per heavy atom. The zero-order chi connectivity index (χ0) is 13.8. The number of nitrogens with zero attached hydrogens (tertiary/aromatic N) is 3. The molecule has 1 aromatic rings. The van der Waals surface area contributed by atoms with Crippen LogP contribution in [-0.2, 0) is 11.2 Å². The summed E-state index contributed by atoms with van der Waals surface area (Å²) in [6, 6.07) is 0. The van der Waals surface area contributed by atoms with Crippen LogP contribution in [-0.4, -0.2) is 52.0 Å². The molecule has 2 amide bonds. The number of carbonyl (C=O) groups excluding carboxylic acids is 2. The molecule has 2 N–H and O–H groups in total. The summed E-state index contributed by atoms with van der Waals surface area (Å²) in [5.41, 5.74) is 0. The summed E-state index contributed by atoms with van der Waals surface area (Å²) < 4.78 is 0. The lowest BCUT2D eigenvalue weighted by molar-refractivity contribution is -0.125. The monoisotopic (exact) mass is 265 g/mol. The van der Waals surface area contributed by atoms with Gasteiger partial charge in [-0.1, -0.05) is 6.92 Å². The van der Waals surface area contributed by atoms with E-state index in [0.717, 1.165) is 6.42 Å². The van der Waals surface area contributed by atoms with E-state index in [4.69, 9.17) is 0 Å². The minimum absolute atomic E-state index is 0.00685. The first-order valence-corrected chi connectivity index (χ1v) is 6.57. The molecule has 0 bridgehead atoms. The molecule has 104 valence electrons. The average molecular weight is 265 g/mol. The lowest BCUT2D eigenvalue weighted by atomic mass is 9.96. The highest BCUT2D eigenvalue weighted by molar-refractivity contribution is 5.90. The van der Waals surface area contributed by atoms with Gasteiger partial charge in [-0.3, -0.25) is 14.7 Å². The molecular formula is C12H19N5O2. The van der Waals surface area contributed by atoms with Crippen LogP contribution >= 0.6 is 0 Å². The van der Waals surface area contributed by atoms with Crippen molar-refractivity contribution in [2.45, 2.75) is 26.2 Å². The SMILES string of the molecule is CCc1nc(C(=O)N2CCC(C(=O)NC)CC2)n[nH]1. The van der Waals surface area contributed by atoms with Crippen molar-refractivity contribution in [3.8, 4) is 0 Å². The van der Waals surface area contributed by atoms with Gasteiger partial charge in [0.1, 0.15) is 5.82 Å². The standard InChI is InChI=1S/C12H19N5O2/c1-3-9-14-10(16-15-9)12(19)17-6-4-8(5-7-17)11(18)13-2/h8H,3-7H2,1-2H3,(H,13,18)(H,14,15,16). The number of nitrogens with one attached hydrogen (secondary N) is 2. The maximum atomic E-state index is 12.2. The predicted octanol–water partition coefficient (Wildman–Crippen LogP) is -0.0347. The average Bonchev–Trinajstić information content (AvgIpc) is 2.94. The Hall–Kier alpha value is -1.92. The number of amides is 2. The molecule has 1 aliphatic rings. The Bertz CT molecular complexity index is 462. The molecule has 1 aromatic heterocycles. The first kappa shape index (κ1) is 13.5. The fourth-order valence-electron chi connectivity index (χ4n) is 2.24. The fraction of sp³-hybridized carbons (Fsp3) is 0.667. The lowest BCUT2D eigenvalue weighted by Gasteiger charge is -2.30. The van der Waals surface area contributed by atoms with Crippen molar-refractivity contribution >= 4 is 11.8 Å². The van der Waals surface area contributed by atoms with Gasteiger partial charge in [0.25, 0.3) is 5.91 Å². The summed E-state index contributed by atoms with van der Waals surface area (Å²) in [7, 11) is 1.64. The van der Waals surface area contributed by atoms with Crippen molar-refractivity contribution in [1.82, 2.24) is 25.4 Å². The van der Waals surface area contributed by atoms with E-state index in [2.05, 4.69) is 20.5 Å². The van der Waals surface area contributed by atoms with E-state index >= 15 is 0 Å². The molecule has 19 heavy (non-hydrogen) atoms. The van der Waals surface area contributed by atoms with Crippen LogP contribution < -0.4 is 5.32 Å².